The Kier molecular flexibility index (Phi) is 2.45. The Morgan fingerprint density at radius 3 is 2.67 bits per heavy atom. The molecule has 0 aliphatic carbocycles. The lowest BCUT2D eigenvalue weighted by atomic mass is 10.1. The zero-order valence-electron chi connectivity index (χ0n) is 8.19. The zero-order chi connectivity index (χ0) is 10.7. The van der Waals surface area contributed by atoms with Crippen molar-refractivity contribution in [1.29, 1.82) is 0 Å². The Bertz CT molecular complexity index is 463. The maximum absolute atomic E-state index is 11.4. The van der Waals surface area contributed by atoms with Gasteiger partial charge in [0.05, 0.1) is 0 Å². The SMILES string of the molecule is CNC(=O)c1n[nH]nc1-c1ccccc1. The molecular formula is C10H10N4O. The minimum Gasteiger partial charge on any atom is -0.354 e. The average molecular weight is 202 g/mol. The standard InChI is InChI=1S/C10H10N4O/c1-11-10(15)9-8(12-14-13-9)7-5-3-2-4-6-7/h2-6H,1H3,(H,11,15)(H,12,13,14). The fraction of sp³-hybridized carbons (Fsp3) is 0.100. The van der Waals surface area contributed by atoms with Gasteiger partial charge in [0.15, 0.2) is 5.69 Å². The molecule has 2 aromatic rings. The molecule has 15 heavy (non-hydrogen) atoms. The van der Waals surface area contributed by atoms with Crippen molar-refractivity contribution in [2.75, 3.05) is 7.05 Å². The molecule has 1 heterocycles. The van der Waals surface area contributed by atoms with Crippen molar-refractivity contribution in [3.8, 4) is 11.3 Å². The van der Waals surface area contributed by atoms with E-state index < -0.39 is 0 Å². The first-order valence-corrected chi connectivity index (χ1v) is 4.51. The molecule has 76 valence electrons. The number of hydrogen-bond acceptors (Lipinski definition) is 3. The molecule has 0 fully saturated rings. The first-order valence-electron chi connectivity index (χ1n) is 4.51. The number of aromatic nitrogens is 3. The summed E-state index contributed by atoms with van der Waals surface area (Å²) >= 11 is 0. The highest BCUT2D eigenvalue weighted by Gasteiger charge is 2.15. The lowest BCUT2D eigenvalue weighted by Gasteiger charge is -1.98. The van der Waals surface area contributed by atoms with Crippen LogP contribution in [0.15, 0.2) is 30.3 Å². The third-order valence-corrected chi connectivity index (χ3v) is 2.04. The molecule has 0 saturated heterocycles. The molecule has 1 amide bonds. The molecule has 0 spiro atoms. The van der Waals surface area contributed by atoms with Gasteiger partial charge in [-0.05, 0) is 0 Å². The lowest BCUT2D eigenvalue weighted by molar-refractivity contribution is 0.0959. The Balaban J connectivity index is 2.46. The number of carbonyl (C=O) groups is 1. The maximum atomic E-state index is 11.4. The van der Waals surface area contributed by atoms with Crippen molar-refractivity contribution in [1.82, 2.24) is 20.7 Å². The summed E-state index contributed by atoms with van der Waals surface area (Å²) in [6.07, 6.45) is 0. The number of H-pyrrole nitrogens is 1. The molecule has 5 nitrogen and oxygen atoms in total. The Morgan fingerprint density at radius 1 is 1.27 bits per heavy atom. The van der Waals surface area contributed by atoms with Crippen LogP contribution in [-0.2, 0) is 0 Å². The summed E-state index contributed by atoms with van der Waals surface area (Å²) in [5, 5.41) is 12.7. The van der Waals surface area contributed by atoms with Gasteiger partial charge in [-0.1, -0.05) is 30.3 Å². The number of nitrogens with zero attached hydrogens (tertiary/aromatic N) is 2. The van der Waals surface area contributed by atoms with Crippen molar-refractivity contribution < 1.29 is 4.79 Å². The molecule has 1 aromatic heterocycles. The highest BCUT2D eigenvalue weighted by atomic mass is 16.1. The monoisotopic (exact) mass is 202 g/mol. The van der Waals surface area contributed by atoms with E-state index >= 15 is 0 Å². The summed E-state index contributed by atoms with van der Waals surface area (Å²) in [4.78, 5) is 11.4. The summed E-state index contributed by atoms with van der Waals surface area (Å²) in [5.41, 5.74) is 1.74. The summed E-state index contributed by atoms with van der Waals surface area (Å²) in [6.45, 7) is 0. The summed E-state index contributed by atoms with van der Waals surface area (Å²) in [6, 6.07) is 9.44. The molecule has 0 atom stereocenters. The van der Waals surface area contributed by atoms with Crippen LogP contribution in [0.5, 0.6) is 0 Å². The number of carbonyl (C=O) groups excluding carboxylic acids is 1. The van der Waals surface area contributed by atoms with Gasteiger partial charge in [0.25, 0.3) is 5.91 Å². The topological polar surface area (TPSA) is 70.7 Å². The van der Waals surface area contributed by atoms with Crippen molar-refractivity contribution in [2.45, 2.75) is 0 Å². The number of amides is 1. The van der Waals surface area contributed by atoms with Gasteiger partial charge in [-0.15, -0.1) is 0 Å². The number of nitrogens with one attached hydrogen (secondary N) is 2. The Labute approximate surface area is 86.5 Å². The lowest BCUT2D eigenvalue weighted by Crippen LogP contribution is -2.19. The molecule has 0 saturated carbocycles. The predicted molar refractivity (Wildman–Crippen MR) is 55.2 cm³/mol. The summed E-state index contributed by atoms with van der Waals surface area (Å²) < 4.78 is 0. The average Bonchev–Trinajstić information content (AvgIpc) is 2.78. The van der Waals surface area contributed by atoms with E-state index in [9.17, 15) is 4.79 Å². The Morgan fingerprint density at radius 2 is 2.00 bits per heavy atom. The molecule has 0 aliphatic heterocycles. The minimum atomic E-state index is -0.248. The molecule has 2 rings (SSSR count). The van der Waals surface area contributed by atoms with E-state index in [0.717, 1.165) is 5.56 Å². The predicted octanol–water partition coefficient (Wildman–Crippen LogP) is 0.831. The number of hydrogen-bond donors (Lipinski definition) is 2. The molecule has 0 bridgehead atoms. The second-order valence-corrected chi connectivity index (χ2v) is 2.97. The van der Waals surface area contributed by atoms with Gasteiger partial charge in [0.1, 0.15) is 5.69 Å². The van der Waals surface area contributed by atoms with Gasteiger partial charge >= 0.3 is 0 Å². The summed E-state index contributed by atoms with van der Waals surface area (Å²) in [7, 11) is 1.56. The fourth-order valence-electron chi connectivity index (χ4n) is 1.30. The van der Waals surface area contributed by atoms with Crippen LogP contribution in [0.3, 0.4) is 0 Å². The number of rotatable bonds is 2. The smallest absolute Gasteiger partial charge is 0.273 e. The Hall–Kier alpha value is -2.17. The molecule has 0 unspecified atom stereocenters. The number of benzene rings is 1. The van der Waals surface area contributed by atoms with Crippen LogP contribution in [0.4, 0.5) is 0 Å². The first-order chi connectivity index (χ1) is 7.33. The van der Waals surface area contributed by atoms with Gasteiger partial charge < -0.3 is 5.32 Å². The fourth-order valence-corrected chi connectivity index (χ4v) is 1.30. The third kappa shape index (κ3) is 1.71. The van der Waals surface area contributed by atoms with E-state index in [0.29, 0.717) is 11.4 Å². The minimum absolute atomic E-state index is 0.248. The molecular weight excluding hydrogens is 192 g/mol. The highest BCUT2D eigenvalue weighted by Crippen LogP contribution is 2.18. The van der Waals surface area contributed by atoms with Crippen LogP contribution in [0.25, 0.3) is 11.3 Å². The first kappa shape index (κ1) is 9.39. The van der Waals surface area contributed by atoms with Gasteiger partial charge in [-0.3, -0.25) is 4.79 Å². The largest absolute Gasteiger partial charge is 0.354 e. The normalized spacial score (nSPS) is 9.93. The van der Waals surface area contributed by atoms with E-state index in [1.807, 2.05) is 30.3 Å². The second-order valence-electron chi connectivity index (χ2n) is 2.97. The van der Waals surface area contributed by atoms with Crippen LogP contribution < -0.4 is 5.32 Å². The van der Waals surface area contributed by atoms with Gasteiger partial charge in [-0.25, -0.2) is 0 Å². The maximum Gasteiger partial charge on any atom is 0.273 e. The van der Waals surface area contributed by atoms with Crippen LogP contribution in [0, 0.1) is 0 Å². The van der Waals surface area contributed by atoms with Crippen LogP contribution in [0.1, 0.15) is 10.5 Å². The van der Waals surface area contributed by atoms with E-state index in [1.165, 1.54) is 0 Å². The van der Waals surface area contributed by atoms with Gasteiger partial charge in [-0.2, -0.15) is 15.4 Å². The highest BCUT2D eigenvalue weighted by molar-refractivity contribution is 5.97. The molecule has 5 heteroatoms. The van der Waals surface area contributed by atoms with E-state index in [4.69, 9.17) is 0 Å². The van der Waals surface area contributed by atoms with Crippen LogP contribution in [0.2, 0.25) is 0 Å². The number of aromatic amines is 1. The quantitative estimate of drug-likeness (QED) is 0.757. The molecule has 2 N–H and O–H groups in total. The second kappa shape index (κ2) is 3.91. The van der Waals surface area contributed by atoms with Crippen molar-refractivity contribution in [2.24, 2.45) is 0 Å². The van der Waals surface area contributed by atoms with E-state index in [1.54, 1.807) is 7.05 Å². The van der Waals surface area contributed by atoms with E-state index in [2.05, 4.69) is 20.7 Å². The van der Waals surface area contributed by atoms with Crippen molar-refractivity contribution in [3.05, 3.63) is 36.0 Å². The van der Waals surface area contributed by atoms with Crippen LogP contribution >= 0.6 is 0 Å². The zero-order valence-corrected chi connectivity index (χ0v) is 8.19. The molecule has 0 aliphatic rings. The van der Waals surface area contributed by atoms with E-state index in [-0.39, 0.29) is 5.91 Å². The molecule has 0 radical (unpaired) electrons. The van der Waals surface area contributed by atoms with Crippen LogP contribution in [-0.4, -0.2) is 28.4 Å². The third-order valence-electron chi connectivity index (χ3n) is 2.04. The summed E-state index contributed by atoms with van der Waals surface area (Å²) in [5.74, 6) is -0.248. The van der Waals surface area contributed by atoms with Crippen molar-refractivity contribution in [3.63, 3.8) is 0 Å². The van der Waals surface area contributed by atoms with Gasteiger partial charge in [0, 0.05) is 12.6 Å². The van der Waals surface area contributed by atoms with Gasteiger partial charge in [0.2, 0.25) is 0 Å². The van der Waals surface area contributed by atoms with Crippen molar-refractivity contribution >= 4 is 5.91 Å². The molecule has 1 aromatic carbocycles.